The zero-order valence-corrected chi connectivity index (χ0v) is 10.7. The van der Waals surface area contributed by atoms with Crippen LogP contribution in [0.15, 0.2) is 23.1 Å². The second-order valence-electron chi connectivity index (χ2n) is 3.78. The summed E-state index contributed by atoms with van der Waals surface area (Å²) in [7, 11) is -3.41. The van der Waals surface area contributed by atoms with Gasteiger partial charge in [-0.15, -0.1) is 11.6 Å². The molecule has 0 radical (unpaired) electrons. The van der Waals surface area contributed by atoms with Crippen LogP contribution in [0.5, 0.6) is 0 Å². The molecule has 88 valence electrons. The Hall–Kier alpha value is -0.290. The molecule has 1 saturated carbocycles. The Morgan fingerprint density at radius 1 is 1.38 bits per heavy atom. The van der Waals surface area contributed by atoms with Gasteiger partial charge < -0.3 is 0 Å². The van der Waals surface area contributed by atoms with E-state index in [1.165, 1.54) is 12.1 Å². The van der Waals surface area contributed by atoms with Crippen LogP contribution in [-0.2, 0) is 15.9 Å². The fourth-order valence-corrected chi connectivity index (χ4v) is 3.14. The predicted molar refractivity (Wildman–Crippen MR) is 64.4 cm³/mol. The molecule has 0 aliphatic heterocycles. The van der Waals surface area contributed by atoms with Crippen LogP contribution in [0.2, 0.25) is 5.02 Å². The summed E-state index contributed by atoms with van der Waals surface area (Å²) in [5, 5.41) is 0.486. The van der Waals surface area contributed by atoms with E-state index in [2.05, 4.69) is 4.72 Å². The molecule has 1 aromatic rings. The van der Waals surface area contributed by atoms with E-state index in [0.29, 0.717) is 10.6 Å². The van der Waals surface area contributed by atoms with Crippen LogP contribution in [0, 0.1) is 0 Å². The van der Waals surface area contributed by atoms with Gasteiger partial charge in [-0.1, -0.05) is 11.6 Å². The van der Waals surface area contributed by atoms with Gasteiger partial charge >= 0.3 is 0 Å². The van der Waals surface area contributed by atoms with Gasteiger partial charge in [-0.25, -0.2) is 13.1 Å². The molecule has 0 atom stereocenters. The second-order valence-corrected chi connectivity index (χ2v) is 6.17. The Labute approximate surface area is 105 Å². The normalized spacial score (nSPS) is 16.4. The summed E-state index contributed by atoms with van der Waals surface area (Å²) in [6.07, 6.45) is 1.82. The van der Waals surface area contributed by atoms with Gasteiger partial charge in [-0.05, 0) is 36.6 Å². The average molecular weight is 280 g/mol. The monoisotopic (exact) mass is 279 g/mol. The van der Waals surface area contributed by atoms with Crippen LogP contribution in [0.4, 0.5) is 0 Å². The summed E-state index contributed by atoms with van der Waals surface area (Å²) in [4.78, 5) is 0.222. The van der Waals surface area contributed by atoms with E-state index < -0.39 is 10.0 Å². The Balaban J connectivity index is 2.31. The van der Waals surface area contributed by atoms with Gasteiger partial charge in [-0.3, -0.25) is 0 Å². The van der Waals surface area contributed by atoms with Gasteiger partial charge in [0.15, 0.2) is 0 Å². The molecule has 3 nitrogen and oxygen atoms in total. The highest BCUT2D eigenvalue weighted by molar-refractivity contribution is 7.89. The van der Waals surface area contributed by atoms with Crippen molar-refractivity contribution in [2.45, 2.75) is 29.7 Å². The summed E-state index contributed by atoms with van der Waals surface area (Å²) < 4.78 is 26.3. The molecule has 0 bridgehead atoms. The van der Waals surface area contributed by atoms with Crippen molar-refractivity contribution in [1.82, 2.24) is 4.72 Å². The Bertz CT molecular complexity index is 498. The molecule has 0 spiro atoms. The highest BCUT2D eigenvalue weighted by atomic mass is 35.5. The van der Waals surface area contributed by atoms with Crippen LogP contribution in [0.1, 0.15) is 18.4 Å². The summed E-state index contributed by atoms with van der Waals surface area (Å²) >= 11 is 11.5. The van der Waals surface area contributed by atoms with Crippen LogP contribution >= 0.6 is 23.2 Å². The van der Waals surface area contributed by atoms with E-state index in [9.17, 15) is 8.42 Å². The van der Waals surface area contributed by atoms with Crippen molar-refractivity contribution in [3.05, 3.63) is 28.8 Å². The molecule has 1 aromatic carbocycles. The zero-order chi connectivity index (χ0) is 11.8. The minimum Gasteiger partial charge on any atom is -0.208 e. The smallest absolute Gasteiger partial charge is 0.208 e. The van der Waals surface area contributed by atoms with Crippen molar-refractivity contribution in [3.63, 3.8) is 0 Å². The third-order valence-electron chi connectivity index (χ3n) is 2.37. The maximum atomic E-state index is 11.9. The van der Waals surface area contributed by atoms with E-state index in [-0.39, 0.29) is 16.8 Å². The third-order valence-corrected chi connectivity index (χ3v) is 4.55. The number of hydrogen-bond donors (Lipinski definition) is 1. The highest BCUT2D eigenvalue weighted by Crippen LogP contribution is 2.25. The first-order chi connectivity index (χ1) is 7.53. The maximum Gasteiger partial charge on any atom is 0.240 e. The first-order valence-electron chi connectivity index (χ1n) is 4.89. The van der Waals surface area contributed by atoms with Crippen molar-refractivity contribution in [2.75, 3.05) is 0 Å². The van der Waals surface area contributed by atoms with Crippen LogP contribution in [0.3, 0.4) is 0 Å². The molecule has 0 heterocycles. The molecule has 0 amide bonds. The van der Waals surface area contributed by atoms with Crippen LogP contribution < -0.4 is 4.72 Å². The quantitative estimate of drug-likeness (QED) is 0.861. The fourth-order valence-electron chi connectivity index (χ4n) is 1.31. The molecule has 0 aromatic heterocycles. The molecule has 1 aliphatic carbocycles. The lowest BCUT2D eigenvalue weighted by molar-refractivity contribution is 0.581. The molecule has 6 heteroatoms. The van der Waals surface area contributed by atoms with Crippen molar-refractivity contribution < 1.29 is 8.42 Å². The minimum absolute atomic E-state index is 0.0973. The molecule has 16 heavy (non-hydrogen) atoms. The van der Waals surface area contributed by atoms with Gasteiger partial charge in [-0.2, -0.15) is 0 Å². The average Bonchev–Trinajstić information content (AvgIpc) is 3.01. The molecule has 2 rings (SSSR count). The van der Waals surface area contributed by atoms with E-state index in [4.69, 9.17) is 23.2 Å². The maximum absolute atomic E-state index is 11.9. The first-order valence-corrected chi connectivity index (χ1v) is 7.29. The Kier molecular flexibility index (Phi) is 3.45. The standard InChI is InChI=1S/C10H11Cl2NO2S/c11-6-7-5-9(3-4-10(7)12)16(14,15)13-8-1-2-8/h3-5,8,13H,1-2,6H2. The number of nitrogens with one attached hydrogen (secondary N) is 1. The zero-order valence-electron chi connectivity index (χ0n) is 8.41. The molecule has 1 fully saturated rings. The SMILES string of the molecule is O=S(=O)(NC1CC1)c1ccc(Cl)c(CCl)c1. The van der Waals surface area contributed by atoms with Gasteiger partial charge in [0.25, 0.3) is 0 Å². The van der Waals surface area contributed by atoms with Crippen molar-refractivity contribution in [3.8, 4) is 0 Å². The van der Waals surface area contributed by atoms with Crippen molar-refractivity contribution in [1.29, 1.82) is 0 Å². The van der Waals surface area contributed by atoms with E-state index in [1.54, 1.807) is 6.07 Å². The van der Waals surface area contributed by atoms with E-state index in [1.807, 2.05) is 0 Å². The topological polar surface area (TPSA) is 46.2 Å². The Morgan fingerprint density at radius 3 is 2.62 bits per heavy atom. The number of sulfonamides is 1. The van der Waals surface area contributed by atoms with E-state index in [0.717, 1.165) is 12.8 Å². The Morgan fingerprint density at radius 2 is 2.06 bits per heavy atom. The molecule has 1 N–H and O–H groups in total. The molecule has 0 saturated heterocycles. The second kappa shape index (κ2) is 4.53. The minimum atomic E-state index is -3.41. The van der Waals surface area contributed by atoms with Crippen molar-refractivity contribution in [2.24, 2.45) is 0 Å². The predicted octanol–water partition coefficient (Wildman–Crippen LogP) is 2.52. The van der Waals surface area contributed by atoms with Gasteiger partial charge in [0, 0.05) is 16.9 Å². The van der Waals surface area contributed by atoms with E-state index >= 15 is 0 Å². The lowest BCUT2D eigenvalue weighted by atomic mass is 10.2. The number of alkyl halides is 1. The molecule has 0 unspecified atom stereocenters. The summed E-state index contributed by atoms with van der Waals surface area (Å²) in [5.74, 6) is 0.200. The number of halogens is 2. The molecule has 1 aliphatic rings. The molecular formula is C10H11Cl2NO2S. The van der Waals surface area contributed by atoms with Gasteiger partial charge in [0.1, 0.15) is 0 Å². The molecular weight excluding hydrogens is 269 g/mol. The van der Waals surface area contributed by atoms with Crippen LogP contribution in [-0.4, -0.2) is 14.5 Å². The summed E-state index contributed by atoms with van der Waals surface area (Å²) in [6.45, 7) is 0. The lowest BCUT2D eigenvalue weighted by Crippen LogP contribution is -2.25. The largest absolute Gasteiger partial charge is 0.240 e. The number of hydrogen-bond acceptors (Lipinski definition) is 2. The van der Waals surface area contributed by atoms with Crippen molar-refractivity contribution >= 4 is 33.2 Å². The summed E-state index contributed by atoms with van der Waals surface area (Å²) in [5.41, 5.74) is 0.627. The highest BCUT2D eigenvalue weighted by Gasteiger charge is 2.28. The first kappa shape index (κ1) is 12.2. The lowest BCUT2D eigenvalue weighted by Gasteiger charge is -2.07. The van der Waals surface area contributed by atoms with Crippen LogP contribution in [0.25, 0.3) is 0 Å². The summed E-state index contributed by atoms with van der Waals surface area (Å²) in [6, 6.07) is 4.66. The third kappa shape index (κ3) is 2.69. The number of benzene rings is 1. The fraction of sp³-hybridized carbons (Fsp3) is 0.400. The number of rotatable bonds is 4. The van der Waals surface area contributed by atoms with Gasteiger partial charge in [0.05, 0.1) is 4.90 Å². The van der Waals surface area contributed by atoms with Gasteiger partial charge in [0.2, 0.25) is 10.0 Å².